The third-order valence-corrected chi connectivity index (χ3v) is 6.29. The maximum atomic E-state index is 13.9. The van der Waals surface area contributed by atoms with E-state index in [-0.39, 0.29) is 10.9 Å². The monoisotopic (exact) mass is 400 g/mol. The molecular weight excluding hydrogens is 379 g/mol. The van der Waals surface area contributed by atoms with E-state index < -0.39 is 11.2 Å². The van der Waals surface area contributed by atoms with E-state index in [4.69, 9.17) is 0 Å². The number of carbonyl (C=O) groups excluding carboxylic acids is 1. The van der Waals surface area contributed by atoms with Crippen LogP contribution in [-0.2, 0) is 16.0 Å². The molecule has 1 atom stereocenters. The molecule has 0 N–H and O–H groups in total. The van der Waals surface area contributed by atoms with Crippen molar-refractivity contribution in [3.05, 3.63) is 70.5 Å². The third kappa shape index (κ3) is 4.37. The zero-order valence-corrected chi connectivity index (χ0v) is 17.2. The average Bonchev–Trinajstić information content (AvgIpc) is 2.87. The van der Waals surface area contributed by atoms with Gasteiger partial charge in [-0.05, 0) is 99.7 Å². The van der Waals surface area contributed by atoms with Gasteiger partial charge in [-0.25, -0.2) is 4.39 Å². The van der Waals surface area contributed by atoms with Crippen LogP contribution in [0.5, 0.6) is 0 Å². The lowest BCUT2D eigenvalue weighted by Crippen LogP contribution is -1.96. The molecule has 0 saturated carbocycles. The van der Waals surface area contributed by atoms with E-state index in [0.29, 0.717) is 6.42 Å². The Balaban J connectivity index is 2.04. The smallest absolute Gasteiger partial charge is 0.193 e. The number of thioether (sulfide) groups is 1. The van der Waals surface area contributed by atoms with Crippen molar-refractivity contribution in [1.29, 1.82) is 0 Å². The molecule has 140 valence electrons. The quantitative estimate of drug-likeness (QED) is 0.617. The third-order valence-electron chi connectivity index (χ3n) is 4.60. The van der Waals surface area contributed by atoms with Gasteiger partial charge in [-0.2, -0.15) is 0 Å². The van der Waals surface area contributed by atoms with Gasteiger partial charge in [0.05, 0.1) is 0 Å². The van der Waals surface area contributed by atoms with Crippen LogP contribution in [0, 0.1) is 5.82 Å². The van der Waals surface area contributed by atoms with E-state index >= 15 is 0 Å². The molecule has 0 amide bonds. The van der Waals surface area contributed by atoms with Gasteiger partial charge in [0.1, 0.15) is 12.1 Å². The number of carbonyl (C=O) groups is 1. The summed E-state index contributed by atoms with van der Waals surface area (Å²) in [5.74, 6) is 0.431. The maximum absolute atomic E-state index is 13.9. The highest BCUT2D eigenvalue weighted by atomic mass is 32.2. The Labute approximate surface area is 166 Å². The molecule has 2 nitrogen and oxygen atoms in total. The Hall–Kier alpha value is -1.82. The maximum Gasteiger partial charge on any atom is 0.193 e. The molecule has 0 fully saturated rings. The first-order valence-corrected chi connectivity index (χ1v) is 11.3. The molecule has 0 saturated heterocycles. The molecule has 0 bridgehead atoms. The van der Waals surface area contributed by atoms with Crippen molar-refractivity contribution < 1.29 is 13.7 Å². The minimum absolute atomic E-state index is 0.0955. The van der Waals surface area contributed by atoms with Crippen LogP contribution in [0.1, 0.15) is 37.0 Å². The van der Waals surface area contributed by atoms with E-state index in [0.717, 1.165) is 44.1 Å². The van der Waals surface area contributed by atoms with E-state index in [1.54, 1.807) is 12.3 Å². The summed E-state index contributed by atoms with van der Waals surface area (Å²) in [5.41, 5.74) is 5.62. The minimum Gasteiger partial charge on any atom is -0.612 e. The molecule has 1 unspecified atom stereocenters. The predicted molar refractivity (Wildman–Crippen MR) is 113 cm³/mol. The highest BCUT2D eigenvalue weighted by Gasteiger charge is 2.25. The van der Waals surface area contributed by atoms with Crippen LogP contribution in [0.2, 0.25) is 0 Å². The number of fused-ring (bicyclic) bond motifs is 1. The predicted octanol–water partition coefficient (Wildman–Crippen LogP) is 5.56. The summed E-state index contributed by atoms with van der Waals surface area (Å²) in [7, 11) is 0. The SMILES string of the molecule is CCSC(=O)CC1=C(C)/C(=C/c2ccc([S+](C)[O-])cc2)c2ccc(F)cc21. The van der Waals surface area contributed by atoms with E-state index in [1.807, 2.05) is 44.2 Å². The zero-order chi connectivity index (χ0) is 19.6. The van der Waals surface area contributed by atoms with Crippen molar-refractivity contribution in [2.24, 2.45) is 0 Å². The fourth-order valence-corrected chi connectivity index (χ4v) is 4.35. The molecule has 0 heterocycles. The van der Waals surface area contributed by atoms with Crippen molar-refractivity contribution in [3.8, 4) is 0 Å². The van der Waals surface area contributed by atoms with Crippen molar-refractivity contribution in [1.82, 2.24) is 0 Å². The normalized spacial score (nSPS) is 16.0. The van der Waals surface area contributed by atoms with Crippen molar-refractivity contribution in [2.45, 2.75) is 25.2 Å². The highest BCUT2D eigenvalue weighted by Crippen LogP contribution is 2.44. The summed E-state index contributed by atoms with van der Waals surface area (Å²) in [4.78, 5) is 13.0. The summed E-state index contributed by atoms with van der Waals surface area (Å²) in [5, 5.41) is 0.0955. The molecule has 0 aromatic heterocycles. The molecule has 0 aliphatic heterocycles. The first kappa shape index (κ1) is 19.9. The lowest BCUT2D eigenvalue weighted by molar-refractivity contribution is -0.110. The number of benzene rings is 2. The second-order valence-corrected chi connectivity index (χ2v) is 9.06. The van der Waals surface area contributed by atoms with Gasteiger partial charge in [0.2, 0.25) is 0 Å². The Kier molecular flexibility index (Phi) is 6.25. The van der Waals surface area contributed by atoms with Crippen LogP contribution in [0.15, 0.2) is 52.9 Å². The Bertz CT molecular complexity index is 928. The van der Waals surface area contributed by atoms with Gasteiger partial charge >= 0.3 is 0 Å². The van der Waals surface area contributed by atoms with Crippen LogP contribution in [0.25, 0.3) is 17.2 Å². The Morgan fingerprint density at radius 1 is 1.19 bits per heavy atom. The number of halogens is 1. The second kappa shape index (κ2) is 8.46. The minimum atomic E-state index is -1.01. The number of hydrogen-bond acceptors (Lipinski definition) is 3. The van der Waals surface area contributed by atoms with Gasteiger partial charge in [-0.3, -0.25) is 4.79 Å². The molecule has 1 aliphatic rings. The molecule has 2 aromatic carbocycles. The van der Waals surface area contributed by atoms with E-state index in [9.17, 15) is 13.7 Å². The fraction of sp³-hybridized carbons (Fsp3) is 0.227. The lowest BCUT2D eigenvalue weighted by atomic mass is 10.0. The summed E-state index contributed by atoms with van der Waals surface area (Å²) in [6.07, 6.45) is 3.99. The first-order chi connectivity index (χ1) is 12.9. The summed E-state index contributed by atoms with van der Waals surface area (Å²) >= 11 is 0.280. The molecule has 0 spiro atoms. The van der Waals surface area contributed by atoms with Gasteiger partial charge in [0, 0.05) is 6.42 Å². The number of rotatable bonds is 5. The lowest BCUT2D eigenvalue weighted by Gasteiger charge is -2.06. The zero-order valence-electron chi connectivity index (χ0n) is 15.5. The van der Waals surface area contributed by atoms with Gasteiger partial charge in [0.25, 0.3) is 0 Å². The van der Waals surface area contributed by atoms with Crippen LogP contribution in [-0.4, -0.2) is 21.7 Å². The Morgan fingerprint density at radius 2 is 1.89 bits per heavy atom. The second-order valence-electron chi connectivity index (χ2n) is 6.36. The molecule has 27 heavy (non-hydrogen) atoms. The largest absolute Gasteiger partial charge is 0.612 e. The number of allylic oxidation sites excluding steroid dienone is 3. The van der Waals surface area contributed by atoms with Crippen molar-refractivity contribution in [2.75, 3.05) is 12.0 Å². The molecular formula is C22H21FO2S2. The number of hydrogen-bond donors (Lipinski definition) is 0. The topological polar surface area (TPSA) is 40.1 Å². The first-order valence-electron chi connectivity index (χ1n) is 8.72. The molecule has 3 rings (SSSR count). The average molecular weight is 401 g/mol. The summed E-state index contributed by atoms with van der Waals surface area (Å²) in [6.45, 7) is 3.93. The van der Waals surface area contributed by atoms with E-state index in [2.05, 4.69) is 0 Å². The fourth-order valence-electron chi connectivity index (χ4n) is 3.26. The standard InChI is InChI=1S/C22H21FO2S2/c1-4-26-22(24)13-20-14(2)19(18-10-7-16(23)12-21(18)20)11-15-5-8-17(9-6-15)27(3)25/h5-12H,4,13H2,1-3H3/b19-11-. The molecule has 2 aromatic rings. The van der Waals surface area contributed by atoms with Gasteiger partial charge < -0.3 is 4.55 Å². The van der Waals surface area contributed by atoms with Crippen LogP contribution in [0.3, 0.4) is 0 Å². The van der Waals surface area contributed by atoms with Gasteiger partial charge in [0.15, 0.2) is 10.0 Å². The van der Waals surface area contributed by atoms with E-state index in [1.165, 1.54) is 23.9 Å². The van der Waals surface area contributed by atoms with Crippen LogP contribution in [0.4, 0.5) is 4.39 Å². The van der Waals surface area contributed by atoms with Gasteiger partial charge in [-0.15, -0.1) is 0 Å². The summed E-state index contributed by atoms with van der Waals surface area (Å²) in [6, 6.07) is 12.3. The summed E-state index contributed by atoms with van der Waals surface area (Å²) < 4.78 is 25.4. The van der Waals surface area contributed by atoms with Crippen LogP contribution >= 0.6 is 11.8 Å². The molecule has 5 heteroatoms. The molecule has 0 radical (unpaired) electrons. The van der Waals surface area contributed by atoms with Crippen molar-refractivity contribution >= 4 is 45.3 Å². The van der Waals surface area contributed by atoms with Gasteiger partial charge in [-0.1, -0.05) is 24.8 Å². The molecule has 1 aliphatic carbocycles. The van der Waals surface area contributed by atoms with Crippen LogP contribution < -0.4 is 0 Å². The highest BCUT2D eigenvalue weighted by molar-refractivity contribution is 8.13. The Morgan fingerprint density at radius 3 is 2.52 bits per heavy atom. The van der Waals surface area contributed by atoms with Crippen molar-refractivity contribution in [3.63, 3.8) is 0 Å².